The van der Waals surface area contributed by atoms with Gasteiger partial charge in [-0.1, -0.05) is 54.6 Å². The fourth-order valence-corrected chi connectivity index (χ4v) is 4.30. The van der Waals surface area contributed by atoms with Gasteiger partial charge in [-0.15, -0.1) is 19.0 Å². The molecule has 0 aliphatic heterocycles. The fraction of sp³-hybridized carbons (Fsp3) is 0.0741. The molecule has 6 heteroatoms. The predicted octanol–water partition coefficient (Wildman–Crippen LogP) is 7.77. The lowest BCUT2D eigenvalue weighted by Gasteiger charge is -2.17. The molecule has 5 rings (SSSR count). The molecule has 33 heavy (non-hydrogen) atoms. The molecule has 0 unspecified atom stereocenters. The number of benzene rings is 3. The van der Waals surface area contributed by atoms with E-state index < -0.39 is 11.7 Å². The maximum atomic E-state index is 13.2. The highest BCUT2D eigenvalue weighted by Crippen LogP contribution is 2.40. The van der Waals surface area contributed by atoms with Crippen molar-refractivity contribution in [3.05, 3.63) is 126 Å². The third-order valence-corrected chi connectivity index (χ3v) is 5.74. The van der Waals surface area contributed by atoms with Crippen LogP contribution in [0.25, 0.3) is 21.8 Å². The first-order valence-electron chi connectivity index (χ1n) is 10.3. The molecule has 0 aliphatic rings. The normalized spacial score (nSPS) is 11.8. The van der Waals surface area contributed by atoms with Gasteiger partial charge in [0.15, 0.2) is 0 Å². The average Bonchev–Trinajstić information content (AvgIpc) is 3.37. The quantitative estimate of drug-likeness (QED) is 0.256. The van der Waals surface area contributed by atoms with Gasteiger partial charge >= 0.3 is 6.18 Å². The smallest absolute Gasteiger partial charge is 0.361 e. The molecule has 3 aromatic carbocycles. The van der Waals surface area contributed by atoms with Gasteiger partial charge in [0.05, 0.1) is 11.5 Å². The summed E-state index contributed by atoms with van der Waals surface area (Å²) in [6.07, 6.45) is 1.44. The lowest BCUT2D eigenvalue weighted by atomic mass is 9.84. The molecule has 2 aromatic heterocycles. The molecule has 0 bridgehead atoms. The standard InChI is InChI=1S/C27H20F3N2.ClH/c1-2-15-32-17-23(21-8-4-6-10-25(21)32)26(18-11-13-19(14-12-18)27(28,29)30)22-16-31-24-9-5-3-7-20(22)24;/h2-14,16-17,31H,1,15H2;1H. The van der Waals surface area contributed by atoms with Gasteiger partial charge in [0, 0.05) is 40.7 Å². The Morgan fingerprint density at radius 2 is 1.55 bits per heavy atom. The Labute approximate surface area is 195 Å². The van der Waals surface area contributed by atoms with Crippen LogP contribution in [-0.2, 0) is 12.7 Å². The predicted molar refractivity (Wildman–Crippen MR) is 130 cm³/mol. The van der Waals surface area contributed by atoms with Crippen LogP contribution in [0.15, 0.2) is 97.8 Å². The molecule has 2 heterocycles. The SMILES string of the molecule is C=CCn1cc([C](c2ccc(C(F)(F)F)cc2)c2c[nH]c3ccccc23)c2ccccc21.Cl. The molecule has 0 atom stereocenters. The Hall–Kier alpha value is -3.44. The summed E-state index contributed by atoms with van der Waals surface area (Å²) in [5.41, 5.74) is 4.00. The van der Waals surface area contributed by atoms with Crippen molar-refractivity contribution >= 4 is 34.2 Å². The van der Waals surface area contributed by atoms with E-state index in [1.165, 1.54) is 0 Å². The monoisotopic (exact) mass is 465 g/mol. The van der Waals surface area contributed by atoms with Crippen molar-refractivity contribution in [1.82, 2.24) is 9.55 Å². The van der Waals surface area contributed by atoms with Crippen molar-refractivity contribution in [3.63, 3.8) is 0 Å². The number of nitrogens with zero attached hydrogens (tertiary/aromatic N) is 1. The van der Waals surface area contributed by atoms with Gasteiger partial charge in [0.25, 0.3) is 0 Å². The minimum Gasteiger partial charge on any atom is -0.361 e. The van der Waals surface area contributed by atoms with E-state index in [-0.39, 0.29) is 12.4 Å². The van der Waals surface area contributed by atoms with Crippen molar-refractivity contribution in [1.29, 1.82) is 0 Å². The average molecular weight is 466 g/mol. The lowest BCUT2D eigenvalue weighted by Crippen LogP contribution is -2.07. The van der Waals surface area contributed by atoms with E-state index in [1.54, 1.807) is 12.1 Å². The fourth-order valence-electron chi connectivity index (χ4n) is 4.30. The summed E-state index contributed by atoms with van der Waals surface area (Å²) in [5.74, 6) is 0.884. The zero-order valence-corrected chi connectivity index (χ0v) is 18.4. The summed E-state index contributed by atoms with van der Waals surface area (Å²) in [7, 11) is 0. The zero-order chi connectivity index (χ0) is 22.3. The second kappa shape index (κ2) is 8.83. The third kappa shape index (κ3) is 4.05. The summed E-state index contributed by atoms with van der Waals surface area (Å²) >= 11 is 0. The van der Waals surface area contributed by atoms with Crippen LogP contribution in [0.5, 0.6) is 0 Å². The van der Waals surface area contributed by atoms with E-state index in [2.05, 4.69) is 22.3 Å². The summed E-state index contributed by atoms with van der Waals surface area (Å²) < 4.78 is 41.7. The summed E-state index contributed by atoms with van der Waals surface area (Å²) in [6, 6.07) is 21.4. The van der Waals surface area contributed by atoms with E-state index in [0.717, 1.165) is 56.5 Å². The molecule has 1 N–H and O–H groups in total. The van der Waals surface area contributed by atoms with Crippen LogP contribution in [0.4, 0.5) is 13.2 Å². The summed E-state index contributed by atoms with van der Waals surface area (Å²) in [6.45, 7) is 4.49. The van der Waals surface area contributed by atoms with Crippen LogP contribution >= 0.6 is 12.4 Å². The molecule has 0 amide bonds. The number of halogens is 4. The van der Waals surface area contributed by atoms with Crippen LogP contribution in [-0.4, -0.2) is 9.55 Å². The second-order valence-corrected chi connectivity index (χ2v) is 7.70. The molecule has 0 saturated carbocycles. The molecule has 0 aliphatic carbocycles. The summed E-state index contributed by atoms with van der Waals surface area (Å²) in [4.78, 5) is 3.30. The Morgan fingerprint density at radius 1 is 0.879 bits per heavy atom. The first kappa shape index (κ1) is 22.7. The Kier molecular flexibility index (Phi) is 6.09. The molecular formula is C27H21ClF3N2. The molecule has 0 saturated heterocycles. The molecule has 1 radical (unpaired) electrons. The highest BCUT2D eigenvalue weighted by molar-refractivity contribution is 5.93. The Morgan fingerprint density at radius 3 is 2.24 bits per heavy atom. The molecule has 5 aromatic rings. The number of nitrogens with one attached hydrogen (secondary N) is 1. The maximum absolute atomic E-state index is 13.2. The van der Waals surface area contributed by atoms with Crippen molar-refractivity contribution in [3.8, 4) is 0 Å². The van der Waals surface area contributed by atoms with Crippen LogP contribution < -0.4 is 0 Å². The Balaban J connectivity index is 0.00000259. The minimum atomic E-state index is -4.38. The van der Waals surface area contributed by atoms with E-state index >= 15 is 0 Å². The van der Waals surface area contributed by atoms with E-state index in [9.17, 15) is 13.2 Å². The molecule has 0 spiro atoms. The van der Waals surface area contributed by atoms with Gasteiger partial charge in [-0.3, -0.25) is 0 Å². The molecular weight excluding hydrogens is 445 g/mol. The van der Waals surface area contributed by atoms with Crippen molar-refractivity contribution < 1.29 is 13.2 Å². The maximum Gasteiger partial charge on any atom is 0.416 e. The van der Waals surface area contributed by atoms with Gasteiger partial charge in [-0.05, 0) is 41.0 Å². The number of H-pyrrole nitrogens is 1. The number of aromatic nitrogens is 2. The van der Waals surface area contributed by atoms with Gasteiger partial charge in [-0.25, -0.2) is 0 Å². The topological polar surface area (TPSA) is 20.7 Å². The van der Waals surface area contributed by atoms with Crippen molar-refractivity contribution in [2.24, 2.45) is 0 Å². The first-order valence-corrected chi connectivity index (χ1v) is 10.3. The number of aromatic amines is 1. The van der Waals surface area contributed by atoms with Gasteiger partial charge < -0.3 is 9.55 Å². The number of hydrogen-bond donors (Lipinski definition) is 1. The minimum absolute atomic E-state index is 0. The van der Waals surface area contributed by atoms with Crippen LogP contribution in [0.3, 0.4) is 0 Å². The Bertz CT molecular complexity index is 1410. The second-order valence-electron chi connectivity index (χ2n) is 7.70. The highest BCUT2D eigenvalue weighted by Gasteiger charge is 2.31. The number of hydrogen-bond acceptors (Lipinski definition) is 0. The van der Waals surface area contributed by atoms with Crippen LogP contribution in [0, 0.1) is 5.92 Å². The number of para-hydroxylation sites is 2. The lowest BCUT2D eigenvalue weighted by molar-refractivity contribution is -0.137. The van der Waals surface area contributed by atoms with E-state index in [1.807, 2.05) is 60.8 Å². The van der Waals surface area contributed by atoms with Gasteiger partial charge in [-0.2, -0.15) is 13.2 Å². The zero-order valence-electron chi connectivity index (χ0n) is 17.6. The van der Waals surface area contributed by atoms with E-state index in [4.69, 9.17) is 0 Å². The van der Waals surface area contributed by atoms with Gasteiger partial charge in [0.1, 0.15) is 0 Å². The van der Waals surface area contributed by atoms with Crippen molar-refractivity contribution in [2.75, 3.05) is 0 Å². The van der Waals surface area contributed by atoms with Crippen LogP contribution in [0.2, 0.25) is 0 Å². The highest BCUT2D eigenvalue weighted by atomic mass is 35.5. The molecule has 0 fully saturated rings. The van der Waals surface area contributed by atoms with Crippen molar-refractivity contribution in [2.45, 2.75) is 12.7 Å². The largest absolute Gasteiger partial charge is 0.416 e. The van der Waals surface area contributed by atoms with Crippen LogP contribution in [0.1, 0.15) is 22.3 Å². The number of alkyl halides is 3. The van der Waals surface area contributed by atoms with E-state index in [0.29, 0.717) is 6.54 Å². The number of fused-ring (bicyclic) bond motifs is 2. The van der Waals surface area contributed by atoms with Gasteiger partial charge in [0.2, 0.25) is 0 Å². The molecule has 2 nitrogen and oxygen atoms in total. The number of allylic oxidation sites excluding steroid dienone is 1. The third-order valence-electron chi connectivity index (χ3n) is 5.74. The summed E-state index contributed by atoms with van der Waals surface area (Å²) in [5, 5.41) is 2.05. The first-order chi connectivity index (χ1) is 15.5. The number of rotatable bonds is 5. The molecule has 167 valence electrons.